The van der Waals surface area contributed by atoms with E-state index in [1.54, 1.807) is 5.01 Å². The van der Waals surface area contributed by atoms with Crippen LogP contribution >= 0.6 is 0 Å². The molecule has 1 heterocycles. The number of hydrogen-bond acceptors (Lipinski definition) is 4. The molecule has 0 saturated carbocycles. The van der Waals surface area contributed by atoms with E-state index in [0.717, 1.165) is 0 Å². The molecule has 0 aromatic carbocycles. The average Bonchev–Trinajstić information content (AvgIpc) is 2.06. The monoisotopic (exact) mass is 174 g/mol. The number of amides is 1. The van der Waals surface area contributed by atoms with Gasteiger partial charge in [0.05, 0.1) is 13.2 Å². The molecule has 70 valence electrons. The smallest absolute Gasteiger partial charge is 0.262 e. The Bertz CT molecular complexity index is 155. The molecule has 0 bridgehead atoms. The van der Waals surface area contributed by atoms with Crippen molar-refractivity contribution in [2.24, 2.45) is 0 Å². The van der Waals surface area contributed by atoms with E-state index in [1.165, 1.54) is 6.92 Å². The van der Waals surface area contributed by atoms with Gasteiger partial charge in [-0.2, -0.15) is 0 Å². The number of nitrogens with one attached hydrogen (secondary N) is 1. The zero-order valence-corrected chi connectivity index (χ0v) is 7.12. The van der Waals surface area contributed by atoms with Crippen LogP contribution in [0.5, 0.6) is 0 Å². The lowest BCUT2D eigenvalue weighted by Gasteiger charge is -2.27. The molecule has 0 aliphatic carbocycles. The highest BCUT2D eigenvalue weighted by Crippen LogP contribution is 1.92. The minimum atomic E-state index is -0.951. The predicted molar refractivity (Wildman–Crippen MR) is 42.2 cm³/mol. The SMILES string of the molecule is CC(O)C(=O)NN1CCOCC1. The van der Waals surface area contributed by atoms with Crippen LogP contribution in [-0.2, 0) is 9.53 Å². The Hall–Kier alpha value is -0.650. The second-order valence-electron chi connectivity index (χ2n) is 2.75. The van der Waals surface area contributed by atoms with Crippen molar-refractivity contribution >= 4 is 5.91 Å². The van der Waals surface area contributed by atoms with Crippen molar-refractivity contribution in [3.63, 3.8) is 0 Å². The summed E-state index contributed by atoms with van der Waals surface area (Å²) in [5, 5.41) is 10.6. The van der Waals surface area contributed by atoms with Gasteiger partial charge in [0.25, 0.3) is 5.91 Å². The van der Waals surface area contributed by atoms with Crippen molar-refractivity contribution in [3.8, 4) is 0 Å². The van der Waals surface area contributed by atoms with Gasteiger partial charge >= 0.3 is 0 Å². The Morgan fingerprint density at radius 3 is 2.67 bits per heavy atom. The molecule has 1 amide bonds. The Balaban J connectivity index is 2.24. The van der Waals surface area contributed by atoms with E-state index in [2.05, 4.69) is 5.43 Å². The zero-order valence-electron chi connectivity index (χ0n) is 7.12. The summed E-state index contributed by atoms with van der Waals surface area (Å²) in [6.45, 7) is 4.05. The first-order chi connectivity index (χ1) is 5.70. The van der Waals surface area contributed by atoms with Crippen LogP contribution in [0.4, 0.5) is 0 Å². The van der Waals surface area contributed by atoms with E-state index in [-0.39, 0.29) is 5.91 Å². The van der Waals surface area contributed by atoms with Gasteiger partial charge in [0.15, 0.2) is 0 Å². The molecule has 0 aromatic heterocycles. The molecule has 5 nitrogen and oxygen atoms in total. The van der Waals surface area contributed by atoms with Gasteiger partial charge < -0.3 is 9.84 Å². The molecule has 1 fully saturated rings. The molecule has 1 atom stereocenters. The number of carbonyl (C=O) groups excluding carboxylic acids is 1. The number of aliphatic hydroxyl groups excluding tert-OH is 1. The van der Waals surface area contributed by atoms with E-state index < -0.39 is 6.10 Å². The van der Waals surface area contributed by atoms with Crippen LogP contribution in [0.3, 0.4) is 0 Å². The molecule has 0 aromatic rings. The first-order valence-corrected chi connectivity index (χ1v) is 4.01. The Labute approximate surface area is 71.3 Å². The van der Waals surface area contributed by atoms with Crippen molar-refractivity contribution in [1.82, 2.24) is 10.4 Å². The molecule has 1 aliphatic rings. The maximum Gasteiger partial charge on any atom is 0.262 e. The van der Waals surface area contributed by atoms with Crippen LogP contribution in [0, 0.1) is 0 Å². The first-order valence-electron chi connectivity index (χ1n) is 4.01. The van der Waals surface area contributed by atoms with Crippen LogP contribution < -0.4 is 5.43 Å². The summed E-state index contributed by atoms with van der Waals surface area (Å²) in [4.78, 5) is 11.0. The van der Waals surface area contributed by atoms with Crippen molar-refractivity contribution in [2.75, 3.05) is 26.3 Å². The Morgan fingerprint density at radius 2 is 2.17 bits per heavy atom. The highest BCUT2D eigenvalue weighted by molar-refractivity contribution is 5.79. The largest absolute Gasteiger partial charge is 0.384 e. The molecule has 1 rings (SSSR count). The van der Waals surface area contributed by atoms with Gasteiger partial charge in [0.2, 0.25) is 0 Å². The van der Waals surface area contributed by atoms with E-state index in [0.29, 0.717) is 26.3 Å². The van der Waals surface area contributed by atoms with Crippen LogP contribution in [0.1, 0.15) is 6.92 Å². The molecular formula is C7H14N2O3. The molecule has 12 heavy (non-hydrogen) atoms. The number of ether oxygens (including phenoxy) is 1. The number of rotatable bonds is 2. The Morgan fingerprint density at radius 1 is 1.58 bits per heavy atom. The standard InChI is InChI=1S/C7H14N2O3/c1-6(10)7(11)8-9-2-4-12-5-3-9/h6,10H,2-5H2,1H3,(H,8,11). The van der Waals surface area contributed by atoms with Gasteiger partial charge in [-0.25, -0.2) is 5.01 Å². The lowest BCUT2D eigenvalue weighted by atomic mass is 10.4. The van der Waals surface area contributed by atoms with E-state index in [9.17, 15) is 4.79 Å². The van der Waals surface area contributed by atoms with E-state index >= 15 is 0 Å². The summed E-state index contributed by atoms with van der Waals surface area (Å²) in [5.41, 5.74) is 2.58. The van der Waals surface area contributed by atoms with Crippen LogP contribution in [0.15, 0.2) is 0 Å². The number of aliphatic hydroxyl groups is 1. The van der Waals surface area contributed by atoms with Crippen LogP contribution in [0.25, 0.3) is 0 Å². The maximum atomic E-state index is 11.0. The summed E-state index contributed by atoms with van der Waals surface area (Å²) in [6, 6.07) is 0. The molecule has 1 aliphatic heterocycles. The number of hydrogen-bond donors (Lipinski definition) is 2. The normalized spacial score (nSPS) is 21.8. The van der Waals surface area contributed by atoms with Gasteiger partial charge in [-0.15, -0.1) is 0 Å². The molecule has 1 saturated heterocycles. The van der Waals surface area contributed by atoms with Crippen molar-refractivity contribution < 1.29 is 14.6 Å². The lowest BCUT2D eigenvalue weighted by molar-refractivity contribution is -0.135. The third-order valence-electron chi connectivity index (χ3n) is 1.66. The number of carbonyl (C=O) groups is 1. The summed E-state index contributed by atoms with van der Waals surface area (Å²) >= 11 is 0. The quantitative estimate of drug-likeness (QED) is 0.548. The number of hydrazine groups is 1. The molecule has 0 radical (unpaired) electrons. The van der Waals surface area contributed by atoms with Crippen molar-refractivity contribution in [3.05, 3.63) is 0 Å². The summed E-state index contributed by atoms with van der Waals surface area (Å²) in [7, 11) is 0. The fourth-order valence-electron chi connectivity index (χ4n) is 0.924. The summed E-state index contributed by atoms with van der Waals surface area (Å²) in [6.07, 6.45) is -0.951. The molecule has 0 spiro atoms. The van der Waals surface area contributed by atoms with Gasteiger partial charge in [-0.05, 0) is 6.92 Å². The summed E-state index contributed by atoms with van der Waals surface area (Å²) < 4.78 is 5.09. The zero-order chi connectivity index (χ0) is 8.97. The molecular weight excluding hydrogens is 160 g/mol. The van der Waals surface area contributed by atoms with Crippen LogP contribution in [-0.4, -0.2) is 48.4 Å². The van der Waals surface area contributed by atoms with E-state index in [4.69, 9.17) is 9.84 Å². The molecule has 2 N–H and O–H groups in total. The summed E-state index contributed by atoms with van der Waals surface area (Å²) in [5.74, 6) is -0.364. The van der Waals surface area contributed by atoms with Gasteiger partial charge in [0, 0.05) is 13.1 Å². The van der Waals surface area contributed by atoms with Crippen molar-refractivity contribution in [1.29, 1.82) is 0 Å². The minimum absolute atomic E-state index is 0.364. The second-order valence-corrected chi connectivity index (χ2v) is 2.75. The topological polar surface area (TPSA) is 61.8 Å². The highest BCUT2D eigenvalue weighted by Gasteiger charge is 2.15. The fourth-order valence-corrected chi connectivity index (χ4v) is 0.924. The average molecular weight is 174 g/mol. The second kappa shape index (κ2) is 4.39. The van der Waals surface area contributed by atoms with Crippen LogP contribution in [0.2, 0.25) is 0 Å². The fraction of sp³-hybridized carbons (Fsp3) is 0.857. The number of morpholine rings is 1. The third-order valence-corrected chi connectivity index (χ3v) is 1.66. The molecule has 5 heteroatoms. The van der Waals surface area contributed by atoms with Gasteiger partial charge in [0.1, 0.15) is 6.10 Å². The predicted octanol–water partition coefficient (Wildman–Crippen LogP) is -1.27. The van der Waals surface area contributed by atoms with Gasteiger partial charge in [-0.1, -0.05) is 0 Å². The van der Waals surface area contributed by atoms with E-state index in [1.807, 2.05) is 0 Å². The minimum Gasteiger partial charge on any atom is -0.384 e. The number of nitrogens with zero attached hydrogens (tertiary/aromatic N) is 1. The van der Waals surface area contributed by atoms with Crippen molar-refractivity contribution in [2.45, 2.75) is 13.0 Å². The first kappa shape index (κ1) is 9.44. The lowest BCUT2D eigenvalue weighted by Crippen LogP contribution is -2.50. The van der Waals surface area contributed by atoms with Gasteiger partial charge in [-0.3, -0.25) is 10.2 Å². The third kappa shape index (κ3) is 2.77. The molecule has 1 unspecified atom stereocenters. The Kier molecular flexibility index (Phi) is 3.46. The highest BCUT2D eigenvalue weighted by atomic mass is 16.5. The maximum absolute atomic E-state index is 11.0.